The Hall–Kier alpha value is -1.48. The van der Waals surface area contributed by atoms with Crippen molar-refractivity contribution in [3.63, 3.8) is 0 Å². The molecule has 0 atom stereocenters. The smallest absolute Gasteiger partial charge is 0.146 e. The van der Waals surface area contributed by atoms with Gasteiger partial charge in [-0.1, -0.05) is 29.8 Å². The zero-order valence-electron chi connectivity index (χ0n) is 7.74. The van der Waals surface area contributed by atoms with Gasteiger partial charge in [0.15, 0.2) is 0 Å². The van der Waals surface area contributed by atoms with Gasteiger partial charge in [-0.3, -0.25) is 0 Å². The highest BCUT2D eigenvalue weighted by Gasteiger charge is 2.10. The largest absolute Gasteiger partial charge is 0.382 e. The molecule has 0 radical (unpaired) electrons. The third kappa shape index (κ3) is 1.36. The lowest BCUT2D eigenvalue weighted by Gasteiger charge is -2.02. The predicted molar refractivity (Wildman–Crippen MR) is 57.7 cm³/mol. The summed E-state index contributed by atoms with van der Waals surface area (Å²) in [4.78, 5) is 0. The van der Waals surface area contributed by atoms with E-state index in [4.69, 9.17) is 17.3 Å². The molecule has 1 aromatic carbocycles. The lowest BCUT2D eigenvalue weighted by Crippen LogP contribution is -2.01. The third-order valence-electron chi connectivity index (χ3n) is 2.02. The number of halogens is 1. The fourth-order valence-corrected chi connectivity index (χ4v) is 1.41. The molecule has 0 aliphatic carbocycles. The topological polar surface area (TPSA) is 43.8 Å². The van der Waals surface area contributed by atoms with Gasteiger partial charge in [-0.05, 0) is 19.1 Å². The van der Waals surface area contributed by atoms with E-state index in [0.29, 0.717) is 10.8 Å². The number of anilines is 1. The van der Waals surface area contributed by atoms with Gasteiger partial charge >= 0.3 is 0 Å². The molecule has 0 saturated carbocycles. The average Bonchev–Trinajstić information content (AvgIpc) is 2.47. The van der Waals surface area contributed by atoms with E-state index in [-0.39, 0.29) is 0 Å². The van der Waals surface area contributed by atoms with Crippen LogP contribution >= 0.6 is 11.6 Å². The molecule has 72 valence electrons. The zero-order chi connectivity index (χ0) is 10.1. The van der Waals surface area contributed by atoms with Gasteiger partial charge in [0.2, 0.25) is 0 Å². The Balaban J connectivity index is 2.58. The lowest BCUT2D eigenvalue weighted by molar-refractivity contribution is 0.872. The van der Waals surface area contributed by atoms with E-state index in [1.54, 1.807) is 4.68 Å². The molecule has 14 heavy (non-hydrogen) atoms. The predicted octanol–water partition coefficient (Wildman–Crippen LogP) is 2.42. The van der Waals surface area contributed by atoms with Crippen LogP contribution in [-0.2, 0) is 0 Å². The molecular formula is C10H10ClN3. The molecule has 0 saturated heterocycles. The van der Waals surface area contributed by atoms with E-state index < -0.39 is 0 Å². The molecule has 2 aromatic rings. The molecule has 0 spiro atoms. The molecule has 0 unspecified atom stereocenters. The van der Waals surface area contributed by atoms with Crippen LogP contribution in [0.5, 0.6) is 0 Å². The third-order valence-corrected chi connectivity index (χ3v) is 2.49. The van der Waals surface area contributed by atoms with E-state index >= 15 is 0 Å². The Morgan fingerprint density at radius 2 is 1.93 bits per heavy atom. The van der Waals surface area contributed by atoms with Crippen LogP contribution in [0.4, 0.5) is 5.82 Å². The van der Waals surface area contributed by atoms with Gasteiger partial charge < -0.3 is 5.73 Å². The van der Waals surface area contributed by atoms with Crippen LogP contribution in [0.15, 0.2) is 30.3 Å². The summed E-state index contributed by atoms with van der Waals surface area (Å²) in [6, 6.07) is 9.66. The van der Waals surface area contributed by atoms with Crippen LogP contribution in [0, 0.1) is 6.92 Å². The van der Waals surface area contributed by atoms with Crippen molar-refractivity contribution in [1.82, 2.24) is 9.78 Å². The van der Waals surface area contributed by atoms with Crippen molar-refractivity contribution in [2.75, 3.05) is 5.73 Å². The van der Waals surface area contributed by atoms with Crippen molar-refractivity contribution in [3.8, 4) is 5.69 Å². The number of hydrogen-bond donors (Lipinski definition) is 1. The Kier molecular flexibility index (Phi) is 2.17. The molecule has 3 nitrogen and oxygen atoms in total. The van der Waals surface area contributed by atoms with Crippen molar-refractivity contribution < 1.29 is 0 Å². The summed E-state index contributed by atoms with van der Waals surface area (Å²) >= 11 is 5.94. The van der Waals surface area contributed by atoms with Crippen molar-refractivity contribution in [2.24, 2.45) is 0 Å². The first-order chi connectivity index (χ1) is 6.70. The quantitative estimate of drug-likeness (QED) is 0.781. The van der Waals surface area contributed by atoms with Gasteiger partial charge in [0.25, 0.3) is 0 Å². The Bertz CT molecular complexity index is 448. The fraction of sp³-hybridized carbons (Fsp3) is 0.100. The first-order valence-electron chi connectivity index (χ1n) is 4.26. The molecule has 0 amide bonds. The first-order valence-corrected chi connectivity index (χ1v) is 4.64. The summed E-state index contributed by atoms with van der Waals surface area (Å²) in [6.07, 6.45) is 0. The van der Waals surface area contributed by atoms with Crippen molar-refractivity contribution in [2.45, 2.75) is 6.92 Å². The summed E-state index contributed by atoms with van der Waals surface area (Å²) in [7, 11) is 0. The molecule has 0 aliphatic rings. The number of aryl methyl sites for hydroxylation is 1. The summed E-state index contributed by atoms with van der Waals surface area (Å²) in [5, 5.41) is 4.76. The van der Waals surface area contributed by atoms with E-state index in [1.165, 1.54) is 0 Å². The van der Waals surface area contributed by atoms with Crippen LogP contribution in [0.25, 0.3) is 5.69 Å². The minimum Gasteiger partial charge on any atom is -0.382 e. The Labute approximate surface area is 87.1 Å². The number of nitrogens with two attached hydrogens (primary N) is 1. The molecular weight excluding hydrogens is 198 g/mol. The minimum atomic E-state index is 0.482. The van der Waals surface area contributed by atoms with Crippen molar-refractivity contribution in [1.29, 1.82) is 0 Å². The molecule has 2 rings (SSSR count). The number of aromatic nitrogens is 2. The Morgan fingerprint density at radius 3 is 2.43 bits per heavy atom. The number of benzene rings is 1. The number of nitrogens with zero attached hydrogens (tertiary/aromatic N) is 2. The second-order valence-corrected chi connectivity index (χ2v) is 3.41. The highest BCUT2D eigenvalue weighted by Crippen LogP contribution is 2.24. The maximum atomic E-state index is 5.94. The molecule has 0 fully saturated rings. The summed E-state index contributed by atoms with van der Waals surface area (Å²) in [6.45, 7) is 1.83. The second kappa shape index (κ2) is 3.35. The van der Waals surface area contributed by atoms with Gasteiger partial charge in [-0.15, -0.1) is 0 Å². The van der Waals surface area contributed by atoms with Crippen molar-refractivity contribution >= 4 is 17.4 Å². The van der Waals surface area contributed by atoms with Crippen LogP contribution < -0.4 is 5.73 Å². The summed E-state index contributed by atoms with van der Waals surface area (Å²) < 4.78 is 1.64. The number of nitrogen functional groups attached to an aromatic ring is 1. The maximum absolute atomic E-state index is 5.94. The van der Waals surface area contributed by atoms with Gasteiger partial charge in [0.1, 0.15) is 10.8 Å². The highest BCUT2D eigenvalue weighted by atomic mass is 35.5. The standard InChI is InChI=1S/C10H10ClN3/c1-7-9(11)10(12)14(13-7)8-5-3-2-4-6-8/h2-6H,12H2,1H3. The normalized spacial score (nSPS) is 10.4. The molecule has 2 N–H and O–H groups in total. The minimum absolute atomic E-state index is 0.482. The maximum Gasteiger partial charge on any atom is 0.146 e. The van der Waals surface area contributed by atoms with Crippen molar-refractivity contribution in [3.05, 3.63) is 41.0 Å². The second-order valence-electron chi connectivity index (χ2n) is 3.03. The molecule has 0 aliphatic heterocycles. The number of para-hydroxylation sites is 1. The molecule has 1 aromatic heterocycles. The fourth-order valence-electron chi connectivity index (χ4n) is 1.29. The first kappa shape index (κ1) is 9.09. The lowest BCUT2D eigenvalue weighted by atomic mass is 10.3. The average molecular weight is 208 g/mol. The number of hydrogen-bond acceptors (Lipinski definition) is 2. The van der Waals surface area contributed by atoms with Gasteiger partial charge in [0.05, 0.1) is 11.4 Å². The molecule has 1 heterocycles. The van der Waals surface area contributed by atoms with Crippen LogP contribution in [-0.4, -0.2) is 9.78 Å². The molecule has 0 bridgehead atoms. The van der Waals surface area contributed by atoms with Gasteiger partial charge in [-0.2, -0.15) is 5.10 Å². The van der Waals surface area contributed by atoms with E-state index in [9.17, 15) is 0 Å². The molecule has 4 heteroatoms. The SMILES string of the molecule is Cc1nn(-c2ccccc2)c(N)c1Cl. The Morgan fingerprint density at radius 1 is 1.29 bits per heavy atom. The summed E-state index contributed by atoms with van der Waals surface area (Å²) in [5.74, 6) is 0.482. The van der Waals surface area contributed by atoms with Crippen LogP contribution in [0.3, 0.4) is 0 Å². The number of rotatable bonds is 1. The van der Waals surface area contributed by atoms with E-state index in [1.807, 2.05) is 37.3 Å². The van der Waals surface area contributed by atoms with Gasteiger partial charge in [0, 0.05) is 0 Å². The van der Waals surface area contributed by atoms with Gasteiger partial charge in [-0.25, -0.2) is 4.68 Å². The highest BCUT2D eigenvalue weighted by molar-refractivity contribution is 6.33. The van der Waals surface area contributed by atoms with Crippen LogP contribution in [0.2, 0.25) is 5.02 Å². The monoisotopic (exact) mass is 207 g/mol. The van der Waals surface area contributed by atoms with E-state index in [0.717, 1.165) is 11.4 Å². The summed E-state index contributed by atoms with van der Waals surface area (Å²) in [5.41, 5.74) is 7.46. The van der Waals surface area contributed by atoms with Crippen LogP contribution in [0.1, 0.15) is 5.69 Å². The zero-order valence-corrected chi connectivity index (χ0v) is 8.49. The van der Waals surface area contributed by atoms with E-state index in [2.05, 4.69) is 5.10 Å².